The second-order valence-corrected chi connectivity index (χ2v) is 11.4. The van der Waals surface area contributed by atoms with Crippen LogP contribution in [0.25, 0.3) is 0 Å². The SMILES string of the molecule is O=C(NS(=O)(=O)c1ccc(Cl)cc1)N1CCC(N2CCC(Oc3ccc(Cl)c(Cl)c3)CC2)CC1. The summed E-state index contributed by atoms with van der Waals surface area (Å²) in [5, 5.41) is 1.41. The molecule has 2 heterocycles. The summed E-state index contributed by atoms with van der Waals surface area (Å²) < 4.78 is 33.2. The number of ether oxygens (including phenoxy) is 1. The maximum absolute atomic E-state index is 12.6. The maximum Gasteiger partial charge on any atom is 0.331 e. The van der Waals surface area contributed by atoms with E-state index >= 15 is 0 Å². The van der Waals surface area contributed by atoms with Gasteiger partial charge in [0.1, 0.15) is 11.9 Å². The Morgan fingerprint density at radius 2 is 1.53 bits per heavy atom. The van der Waals surface area contributed by atoms with Crippen LogP contribution in [0.4, 0.5) is 4.79 Å². The van der Waals surface area contributed by atoms with Crippen LogP contribution in [0, 0.1) is 0 Å². The molecular formula is C23H26Cl3N3O4S. The molecule has 2 aromatic carbocycles. The molecule has 1 N–H and O–H groups in total. The van der Waals surface area contributed by atoms with Crippen LogP contribution < -0.4 is 9.46 Å². The van der Waals surface area contributed by atoms with Crippen molar-refractivity contribution in [3.63, 3.8) is 0 Å². The van der Waals surface area contributed by atoms with E-state index in [0.29, 0.717) is 34.2 Å². The molecule has 2 saturated heterocycles. The molecule has 7 nitrogen and oxygen atoms in total. The number of hydrogen-bond acceptors (Lipinski definition) is 5. The quantitative estimate of drug-likeness (QED) is 0.568. The zero-order chi connectivity index (χ0) is 24.3. The largest absolute Gasteiger partial charge is 0.490 e. The minimum atomic E-state index is -3.94. The number of benzene rings is 2. The highest BCUT2D eigenvalue weighted by molar-refractivity contribution is 7.90. The van der Waals surface area contributed by atoms with Crippen molar-refractivity contribution >= 4 is 50.9 Å². The number of amides is 2. The summed E-state index contributed by atoms with van der Waals surface area (Å²) in [6, 6.07) is 10.8. The lowest BCUT2D eigenvalue weighted by molar-refractivity contribution is 0.0540. The van der Waals surface area contributed by atoms with Gasteiger partial charge in [0, 0.05) is 43.3 Å². The van der Waals surface area contributed by atoms with Gasteiger partial charge in [0.05, 0.1) is 14.9 Å². The fourth-order valence-corrected chi connectivity index (χ4v) is 5.77. The molecular weight excluding hydrogens is 521 g/mol. The van der Waals surface area contributed by atoms with E-state index < -0.39 is 16.1 Å². The summed E-state index contributed by atoms with van der Waals surface area (Å²) in [5.41, 5.74) is 0. The van der Waals surface area contributed by atoms with Gasteiger partial charge in [-0.25, -0.2) is 17.9 Å². The van der Waals surface area contributed by atoms with Gasteiger partial charge in [-0.1, -0.05) is 34.8 Å². The first-order chi connectivity index (χ1) is 16.2. The topological polar surface area (TPSA) is 79.0 Å². The first-order valence-corrected chi connectivity index (χ1v) is 13.8. The van der Waals surface area contributed by atoms with Crippen LogP contribution in [0.3, 0.4) is 0 Å². The summed E-state index contributed by atoms with van der Waals surface area (Å²) in [6.07, 6.45) is 3.53. The number of nitrogens with zero attached hydrogens (tertiary/aromatic N) is 2. The number of halogens is 3. The zero-order valence-electron chi connectivity index (χ0n) is 18.4. The number of piperidine rings is 2. The van der Waals surface area contributed by atoms with Crippen LogP contribution in [0.5, 0.6) is 5.75 Å². The van der Waals surface area contributed by atoms with Crippen molar-refractivity contribution in [2.45, 2.75) is 42.7 Å². The highest BCUT2D eigenvalue weighted by Crippen LogP contribution is 2.29. The second kappa shape index (κ2) is 10.9. The summed E-state index contributed by atoms with van der Waals surface area (Å²) in [6.45, 7) is 2.83. The predicted molar refractivity (Wildman–Crippen MR) is 133 cm³/mol. The molecule has 0 aliphatic carbocycles. The summed E-state index contributed by atoms with van der Waals surface area (Å²) in [4.78, 5) is 16.6. The fraction of sp³-hybridized carbons (Fsp3) is 0.435. The van der Waals surface area contributed by atoms with Gasteiger partial charge < -0.3 is 9.64 Å². The molecule has 0 atom stereocenters. The molecule has 0 spiro atoms. The Morgan fingerprint density at radius 3 is 2.15 bits per heavy atom. The number of likely N-dealkylation sites (tertiary alicyclic amines) is 2. The highest BCUT2D eigenvalue weighted by atomic mass is 35.5. The van der Waals surface area contributed by atoms with Crippen LogP contribution in [-0.4, -0.2) is 62.6 Å². The van der Waals surface area contributed by atoms with Crippen LogP contribution in [-0.2, 0) is 10.0 Å². The Kier molecular flexibility index (Phi) is 8.15. The molecule has 2 aromatic rings. The van der Waals surface area contributed by atoms with Gasteiger partial charge >= 0.3 is 6.03 Å². The van der Waals surface area contributed by atoms with E-state index in [1.807, 2.05) is 6.07 Å². The molecule has 2 amide bonds. The van der Waals surface area contributed by atoms with E-state index in [9.17, 15) is 13.2 Å². The average Bonchev–Trinajstić information content (AvgIpc) is 2.82. The minimum Gasteiger partial charge on any atom is -0.490 e. The van der Waals surface area contributed by atoms with E-state index in [4.69, 9.17) is 39.5 Å². The van der Waals surface area contributed by atoms with Crippen LogP contribution in [0.2, 0.25) is 15.1 Å². The Hall–Kier alpha value is -1.71. The molecule has 0 bridgehead atoms. The van der Waals surface area contributed by atoms with Gasteiger partial charge in [-0.2, -0.15) is 0 Å². The third-order valence-corrected chi connectivity index (χ3v) is 8.61. The van der Waals surface area contributed by atoms with Crippen LogP contribution in [0.15, 0.2) is 47.4 Å². The van der Waals surface area contributed by atoms with Crippen molar-refractivity contribution in [3.05, 3.63) is 57.5 Å². The van der Waals surface area contributed by atoms with Crippen molar-refractivity contribution < 1.29 is 17.9 Å². The molecule has 184 valence electrons. The molecule has 0 aromatic heterocycles. The third-order valence-electron chi connectivity index (χ3n) is 6.28. The average molecular weight is 547 g/mol. The number of hydrogen-bond donors (Lipinski definition) is 1. The number of carbonyl (C=O) groups excluding carboxylic acids is 1. The Bertz CT molecular complexity index is 1110. The van der Waals surface area contributed by atoms with Gasteiger partial charge in [0.2, 0.25) is 0 Å². The van der Waals surface area contributed by atoms with E-state index in [0.717, 1.165) is 44.5 Å². The molecule has 4 rings (SSSR count). The Morgan fingerprint density at radius 1 is 0.882 bits per heavy atom. The molecule has 0 saturated carbocycles. The predicted octanol–water partition coefficient (Wildman–Crippen LogP) is 5.05. The summed E-state index contributed by atoms with van der Waals surface area (Å²) in [5.74, 6) is 0.723. The first kappa shape index (κ1) is 25.4. The smallest absolute Gasteiger partial charge is 0.331 e. The van der Waals surface area contributed by atoms with Crippen LogP contribution >= 0.6 is 34.8 Å². The number of sulfonamides is 1. The van der Waals surface area contributed by atoms with Gasteiger partial charge in [-0.05, 0) is 62.1 Å². The number of rotatable bonds is 5. The first-order valence-electron chi connectivity index (χ1n) is 11.1. The molecule has 0 radical (unpaired) electrons. The van der Waals surface area contributed by atoms with Gasteiger partial charge in [0.25, 0.3) is 10.0 Å². The van der Waals surface area contributed by atoms with Gasteiger partial charge in [0.15, 0.2) is 0 Å². The Balaban J connectivity index is 1.23. The van der Waals surface area contributed by atoms with Gasteiger partial charge in [-0.15, -0.1) is 0 Å². The van der Waals surface area contributed by atoms with Crippen molar-refractivity contribution in [1.29, 1.82) is 0 Å². The molecule has 2 aliphatic heterocycles. The Labute approximate surface area is 215 Å². The standard InChI is InChI=1S/C23H26Cl3N3O4S/c24-16-1-4-20(5-2-16)34(31,32)27-23(30)29-11-7-17(8-12-29)28-13-9-18(10-14-28)33-19-3-6-21(25)22(26)15-19/h1-6,15,17-18H,7-14H2,(H,27,30). The van der Waals surface area contributed by atoms with E-state index in [1.165, 1.54) is 24.3 Å². The third kappa shape index (κ3) is 6.29. The lowest BCUT2D eigenvalue weighted by Crippen LogP contribution is -2.52. The van der Waals surface area contributed by atoms with Crippen molar-refractivity contribution in [3.8, 4) is 5.75 Å². The number of nitrogens with one attached hydrogen (secondary N) is 1. The molecule has 34 heavy (non-hydrogen) atoms. The maximum atomic E-state index is 12.6. The van der Waals surface area contributed by atoms with Crippen molar-refractivity contribution in [2.75, 3.05) is 26.2 Å². The fourth-order valence-electron chi connectivity index (χ4n) is 4.39. The molecule has 0 unspecified atom stereocenters. The highest BCUT2D eigenvalue weighted by Gasteiger charge is 2.31. The number of urea groups is 1. The molecule has 2 aliphatic rings. The van der Waals surface area contributed by atoms with E-state index in [1.54, 1.807) is 17.0 Å². The van der Waals surface area contributed by atoms with Gasteiger partial charge in [-0.3, -0.25) is 4.90 Å². The van der Waals surface area contributed by atoms with Crippen molar-refractivity contribution in [2.24, 2.45) is 0 Å². The summed E-state index contributed by atoms with van der Waals surface area (Å²) in [7, 11) is -3.94. The van der Waals surface area contributed by atoms with Crippen molar-refractivity contribution in [1.82, 2.24) is 14.5 Å². The lowest BCUT2D eigenvalue weighted by Gasteiger charge is -2.41. The second-order valence-electron chi connectivity index (χ2n) is 8.51. The molecule has 2 fully saturated rings. The number of carbonyl (C=O) groups is 1. The normalized spacial score (nSPS) is 18.6. The van der Waals surface area contributed by atoms with E-state index in [2.05, 4.69) is 9.62 Å². The molecule has 11 heteroatoms. The van der Waals surface area contributed by atoms with Crippen LogP contribution in [0.1, 0.15) is 25.7 Å². The summed E-state index contributed by atoms with van der Waals surface area (Å²) >= 11 is 17.8. The zero-order valence-corrected chi connectivity index (χ0v) is 21.5. The lowest BCUT2D eigenvalue weighted by atomic mass is 9.99. The monoisotopic (exact) mass is 545 g/mol. The van der Waals surface area contributed by atoms with E-state index in [-0.39, 0.29) is 11.0 Å². The minimum absolute atomic E-state index is 0.00565.